The number of hydrogen-bond acceptors (Lipinski definition) is 6. The summed E-state index contributed by atoms with van der Waals surface area (Å²) in [5.41, 5.74) is 1.28. The van der Waals surface area contributed by atoms with Gasteiger partial charge in [-0.05, 0) is 19.1 Å². The molecule has 0 saturated carbocycles. The molecule has 0 amide bonds. The van der Waals surface area contributed by atoms with E-state index in [2.05, 4.69) is 4.98 Å². The van der Waals surface area contributed by atoms with Crippen LogP contribution in [0.2, 0.25) is 5.02 Å². The topological polar surface area (TPSA) is 82.7 Å². The number of fused-ring (bicyclic) bond motifs is 1. The molecule has 0 N–H and O–H groups in total. The van der Waals surface area contributed by atoms with Crippen molar-refractivity contribution in [1.29, 1.82) is 0 Å². The van der Waals surface area contributed by atoms with Crippen LogP contribution in [-0.2, 0) is 22.7 Å². The first-order valence-corrected chi connectivity index (χ1v) is 8.68. The van der Waals surface area contributed by atoms with Crippen LogP contribution in [0.15, 0.2) is 39.4 Å². The zero-order valence-electron chi connectivity index (χ0n) is 13.3. The second-order valence-electron chi connectivity index (χ2n) is 5.37. The molecule has 25 heavy (non-hydrogen) atoms. The number of pyridine rings is 1. The molecule has 0 radical (unpaired) electrons. The van der Waals surface area contributed by atoms with Crippen molar-refractivity contribution >= 4 is 34.6 Å². The third kappa shape index (κ3) is 3.97. The number of nitrogens with zero attached hydrogens (tertiary/aromatic N) is 3. The van der Waals surface area contributed by atoms with Gasteiger partial charge in [-0.1, -0.05) is 22.9 Å². The Morgan fingerprint density at radius 3 is 2.88 bits per heavy atom. The quantitative estimate of drug-likeness (QED) is 0.633. The lowest BCUT2D eigenvalue weighted by Crippen LogP contribution is -2.19. The molecule has 0 aliphatic heterocycles. The molecule has 0 aliphatic carbocycles. The third-order valence-electron chi connectivity index (χ3n) is 3.57. The van der Waals surface area contributed by atoms with Gasteiger partial charge in [0.15, 0.2) is 0 Å². The van der Waals surface area contributed by atoms with Crippen molar-refractivity contribution in [1.82, 2.24) is 14.0 Å². The largest absolute Gasteiger partial charge is 0.459 e. The fraction of sp³-hybridized carbons (Fsp3) is 0.250. The van der Waals surface area contributed by atoms with Crippen LogP contribution in [0.3, 0.4) is 0 Å². The molecule has 3 rings (SSSR count). The summed E-state index contributed by atoms with van der Waals surface area (Å²) in [6.07, 6.45) is 1.54. The summed E-state index contributed by atoms with van der Waals surface area (Å²) in [7, 11) is 0. The highest BCUT2D eigenvalue weighted by molar-refractivity contribution is 7.07. The number of ether oxygens (including phenoxy) is 1. The summed E-state index contributed by atoms with van der Waals surface area (Å²) < 4.78 is 7.99. The third-order valence-corrected chi connectivity index (χ3v) is 4.68. The van der Waals surface area contributed by atoms with E-state index in [0.717, 1.165) is 17.0 Å². The number of hydrogen-bond donors (Lipinski definition) is 0. The van der Waals surface area contributed by atoms with E-state index in [-0.39, 0.29) is 30.0 Å². The SMILES string of the molecule is Cc1csc(=O)n1CCC(=O)OCc1cc(=O)n2cc(Cl)ccc2n1. The van der Waals surface area contributed by atoms with E-state index in [9.17, 15) is 14.4 Å². The predicted molar refractivity (Wildman–Crippen MR) is 94.2 cm³/mol. The number of halogens is 1. The molecule has 9 heteroatoms. The number of thiazole rings is 1. The van der Waals surface area contributed by atoms with E-state index < -0.39 is 5.97 Å². The van der Waals surface area contributed by atoms with E-state index in [0.29, 0.717) is 16.4 Å². The highest BCUT2D eigenvalue weighted by atomic mass is 35.5. The Bertz CT molecular complexity index is 1050. The predicted octanol–water partition coefficient (Wildman–Crippen LogP) is 2.01. The molecule has 0 bridgehead atoms. The lowest BCUT2D eigenvalue weighted by atomic mass is 10.3. The maximum atomic E-state index is 12.0. The molecular weight excluding hydrogens is 366 g/mol. The van der Waals surface area contributed by atoms with E-state index >= 15 is 0 Å². The molecule has 0 spiro atoms. The average Bonchev–Trinajstić information content (AvgIpc) is 2.90. The van der Waals surface area contributed by atoms with Crippen LogP contribution < -0.4 is 10.4 Å². The van der Waals surface area contributed by atoms with Gasteiger partial charge in [-0.3, -0.25) is 18.8 Å². The minimum atomic E-state index is -0.462. The zero-order chi connectivity index (χ0) is 18.0. The van der Waals surface area contributed by atoms with Gasteiger partial charge in [0.1, 0.15) is 12.3 Å². The number of rotatable bonds is 5. The van der Waals surface area contributed by atoms with Gasteiger partial charge in [0.05, 0.1) is 17.1 Å². The second-order valence-corrected chi connectivity index (χ2v) is 6.62. The Balaban J connectivity index is 1.64. The van der Waals surface area contributed by atoms with Gasteiger partial charge in [0.2, 0.25) is 0 Å². The molecule has 0 fully saturated rings. The van der Waals surface area contributed by atoms with Crippen LogP contribution in [0.25, 0.3) is 5.65 Å². The van der Waals surface area contributed by atoms with Gasteiger partial charge < -0.3 is 9.30 Å². The Kier molecular flexibility index (Phi) is 5.00. The number of esters is 1. The summed E-state index contributed by atoms with van der Waals surface area (Å²) in [5, 5.41) is 2.17. The van der Waals surface area contributed by atoms with Gasteiger partial charge >= 0.3 is 10.8 Å². The maximum Gasteiger partial charge on any atom is 0.307 e. The highest BCUT2D eigenvalue weighted by Gasteiger charge is 2.09. The normalized spacial score (nSPS) is 11.0. The molecule has 0 atom stereocenters. The molecule has 130 valence electrons. The summed E-state index contributed by atoms with van der Waals surface area (Å²) in [6.45, 7) is 1.96. The Labute approximate surface area is 151 Å². The van der Waals surface area contributed by atoms with Crippen LogP contribution in [0, 0.1) is 6.92 Å². The van der Waals surface area contributed by atoms with E-state index in [1.807, 2.05) is 6.92 Å². The smallest absolute Gasteiger partial charge is 0.307 e. The molecule has 0 aromatic carbocycles. The van der Waals surface area contributed by atoms with Crippen LogP contribution >= 0.6 is 22.9 Å². The van der Waals surface area contributed by atoms with Gasteiger partial charge in [-0.2, -0.15) is 0 Å². The van der Waals surface area contributed by atoms with Crippen molar-refractivity contribution in [2.75, 3.05) is 0 Å². The van der Waals surface area contributed by atoms with Crippen molar-refractivity contribution in [2.24, 2.45) is 0 Å². The first-order valence-electron chi connectivity index (χ1n) is 7.42. The Morgan fingerprint density at radius 1 is 1.36 bits per heavy atom. The summed E-state index contributed by atoms with van der Waals surface area (Å²) in [5.74, 6) is -0.462. The molecule has 0 aliphatic rings. The summed E-state index contributed by atoms with van der Waals surface area (Å²) in [4.78, 5) is 39.7. The average molecular weight is 380 g/mol. The Morgan fingerprint density at radius 2 is 2.16 bits per heavy atom. The standard InChI is InChI=1S/C16H14ClN3O4S/c1-10-9-25-16(23)19(10)5-4-15(22)24-8-12-6-14(21)20-7-11(17)2-3-13(20)18-12/h2-3,6-7,9H,4-5,8H2,1H3. The minimum Gasteiger partial charge on any atom is -0.459 e. The lowest BCUT2D eigenvalue weighted by Gasteiger charge is -2.07. The summed E-state index contributed by atoms with van der Waals surface area (Å²) in [6, 6.07) is 4.53. The summed E-state index contributed by atoms with van der Waals surface area (Å²) >= 11 is 6.95. The molecular formula is C16H14ClN3O4S. The van der Waals surface area contributed by atoms with Crippen molar-refractivity contribution in [3.05, 3.63) is 66.2 Å². The number of carbonyl (C=O) groups excluding carboxylic acids is 1. The van der Waals surface area contributed by atoms with Crippen molar-refractivity contribution in [3.8, 4) is 0 Å². The van der Waals surface area contributed by atoms with Crippen LogP contribution in [0.1, 0.15) is 17.8 Å². The van der Waals surface area contributed by atoms with Gasteiger partial charge in [0.25, 0.3) is 5.56 Å². The zero-order valence-corrected chi connectivity index (χ0v) is 14.8. The van der Waals surface area contributed by atoms with Crippen molar-refractivity contribution < 1.29 is 9.53 Å². The highest BCUT2D eigenvalue weighted by Crippen LogP contribution is 2.09. The first kappa shape index (κ1) is 17.4. The number of aryl methyl sites for hydroxylation is 1. The van der Waals surface area contributed by atoms with Crippen LogP contribution in [0.5, 0.6) is 0 Å². The van der Waals surface area contributed by atoms with Crippen LogP contribution in [-0.4, -0.2) is 19.9 Å². The minimum absolute atomic E-state index is 0.0691. The number of aromatic nitrogens is 3. The first-order chi connectivity index (χ1) is 11.9. The van der Waals surface area contributed by atoms with Crippen molar-refractivity contribution in [2.45, 2.75) is 26.5 Å². The van der Waals surface area contributed by atoms with E-state index in [1.54, 1.807) is 17.5 Å². The Hall–Kier alpha value is -2.45. The lowest BCUT2D eigenvalue weighted by molar-refractivity contribution is -0.145. The van der Waals surface area contributed by atoms with E-state index in [4.69, 9.17) is 16.3 Å². The number of carbonyl (C=O) groups is 1. The molecule has 0 unspecified atom stereocenters. The monoisotopic (exact) mass is 379 g/mol. The van der Waals surface area contributed by atoms with Gasteiger partial charge in [0, 0.05) is 29.9 Å². The van der Waals surface area contributed by atoms with Gasteiger partial charge in [-0.25, -0.2) is 4.98 Å². The fourth-order valence-electron chi connectivity index (χ4n) is 2.30. The van der Waals surface area contributed by atoms with E-state index in [1.165, 1.54) is 21.2 Å². The molecule has 0 saturated heterocycles. The molecule has 7 nitrogen and oxygen atoms in total. The van der Waals surface area contributed by atoms with Gasteiger partial charge in [-0.15, -0.1) is 0 Å². The van der Waals surface area contributed by atoms with Crippen molar-refractivity contribution in [3.63, 3.8) is 0 Å². The molecule has 3 aromatic heterocycles. The second kappa shape index (κ2) is 7.20. The van der Waals surface area contributed by atoms with Crippen LogP contribution in [0.4, 0.5) is 0 Å². The maximum absolute atomic E-state index is 12.0. The molecule has 3 heterocycles. The fourth-order valence-corrected chi connectivity index (χ4v) is 3.23. The molecule has 3 aromatic rings.